The van der Waals surface area contributed by atoms with Crippen molar-refractivity contribution in [1.29, 1.82) is 0 Å². The minimum absolute atomic E-state index is 0.0159. The van der Waals surface area contributed by atoms with Gasteiger partial charge in [-0.15, -0.1) is 0 Å². The number of pyridine rings is 1. The second kappa shape index (κ2) is 6.73. The van der Waals surface area contributed by atoms with Crippen LogP contribution in [0.5, 0.6) is 0 Å². The monoisotopic (exact) mass is 323 g/mol. The summed E-state index contributed by atoms with van der Waals surface area (Å²) in [6.07, 6.45) is 1.61. The van der Waals surface area contributed by atoms with Crippen molar-refractivity contribution in [2.24, 2.45) is 0 Å². The standard InChI is InChI=1S/C19H21N3O2/c23-14-18-19(15-5-2-1-3-6-15)21(11-12-24-18)13-17-8-4-7-16-9-10-20-22(16)17/h1-10,18-19,23H,11-14H2/t18-,19-/m0/s1. The fourth-order valence-electron chi connectivity index (χ4n) is 3.53. The lowest BCUT2D eigenvalue weighted by Crippen LogP contribution is -2.46. The summed E-state index contributed by atoms with van der Waals surface area (Å²) in [5.41, 5.74) is 3.40. The van der Waals surface area contributed by atoms with Gasteiger partial charge in [0.1, 0.15) is 6.10 Å². The van der Waals surface area contributed by atoms with Gasteiger partial charge in [0.05, 0.1) is 30.5 Å². The summed E-state index contributed by atoms with van der Waals surface area (Å²) in [5, 5.41) is 14.2. The summed E-state index contributed by atoms with van der Waals surface area (Å²) in [7, 11) is 0. The van der Waals surface area contributed by atoms with E-state index in [9.17, 15) is 5.11 Å². The third-order valence-corrected chi connectivity index (χ3v) is 4.64. The number of hydrogen-bond donors (Lipinski definition) is 1. The van der Waals surface area contributed by atoms with E-state index >= 15 is 0 Å². The number of aromatic nitrogens is 2. The summed E-state index contributed by atoms with van der Waals surface area (Å²) >= 11 is 0. The number of nitrogens with zero attached hydrogens (tertiary/aromatic N) is 3. The molecular formula is C19H21N3O2. The van der Waals surface area contributed by atoms with Crippen molar-refractivity contribution in [1.82, 2.24) is 14.5 Å². The molecule has 0 amide bonds. The normalized spacial score (nSPS) is 22.0. The molecule has 1 aromatic carbocycles. The van der Waals surface area contributed by atoms with Gasteiger partial charge in [0.2, 0.25) is 0 Å². The van der Waals surface area contributed by atoms with E-state index < -0.39 is 0 Å². The van der Waals surface area contributed by atoms with Crippen LogP contribution in [0.15, 0.2) is 60.8 Å². The Labute approximate surface area is 141 Å². The first-order chi connectivity index (χ1) is 11.9. The quantitative estimate of drug-likeness (QED) is 0.800. The second-order valence-electron chi connectivity index (χ2n) is 6.10. The second-order valence-corrected chi connectivity index (χ2v) is 6.10. The molecule has 1 aliphatic rings. The fraction of sp³-hybridized carbons (Fsp3) is 0.316. The fourth-order valence-corrected chi connectivity index (χ4v) is 3.53. The SMILES string of the molecule is OC[C@@H]1OCCN(Cc2cccc3ccnn23)[C@H]1c1ccccc1. The minimum Gasteiger partial charge on any atom is -0.394 e. The van der Waals surface area contributed by atoms with Crippen molar-refractivity contribution in [2.75, 3.05) is 19.8 Å². The first kappa shape index (κ1) is 15.3. The van der Waals surface area contributed by atoms with E-state index in [1.165, 1.54) is 5.56 Å². The van der Waals surface area contributed by atoms with Crippen LogP contribution in [-0.4, -0.2) is 45.5 Å². The van der Waals surface area contributed by atoms with E-state index in [1.54, 1.807) is 0 Å². The van der Waals surface area contributed by atoms with E-state index in [1.807, 2.05) is 35.0 Å². The highest BCUT2D eigenvalue weighted by Gasteiger charge is 2.33. The molecule has 0 spiro atoms. The zero-order valence-electron chi connectivity index (χ0n) is 13.5. The first-order valence-corrected chi connectivity index (χ1v) is 8.30. The van der Waals surface area contributed by atoms with Crippen LogP contribution in [0, 0.1) is 0 Å². The summed E-state index contributed by atoms with van der Waals surface area (Å²) in [6.45, 7) is 2.23. The Kier molecular flexibility index (Phi) is 4.30. The largest absolute Gasteiger partial charge is 0.394 e. The van der Waals surface area contributed by atoms with Gasteiger partial charge in [-0.2, -0.15) is 5.10 Å². The molecule has 1 saturated heterocycles. The molecule has 2 atom stereocenters. The maximum Gasteiger partial charge on any atom is 0.100 e. The Hall–Kier alpha value is -2.21. The number of ether oxygens (including phenoxy) is 1. The third kappa shape index (κ3) is 2.82. The predicted molar refractivity (Wildman–Crippen MR) is 91.6 cm³/mol. The van der Waals surface area contributed by atoms with Crippen molar-refractivity contribution >= 4 is 5.52 Å². The first-order valence-electron chi connectivity index (χ1n) is 8.30. The van der Waals surface area contributed by atoms with Crippen LogP contribution in [0.2, 0.25) is 0 Å². The zero-order chi connectivity index (χ0) is 16.4. The third-order valence-electron chi connectivity index (χ3n) is 4.64. The average Bonchev–Trinajstić information content (AvgIpc) is 3.12. The van der Waals surface area contributed by atoms with Gasteiger partial charge in [-0.1, -0.05) is 36.4 Å². The van der Waals surface area contributed by atoms with Crippen LogP contribution in [0.1, 0.15) is 17.3 Å². The Bertz CT molecular complexity index is 802. The predicted octanol–water partition coefficient (Wildman–Crippen LogP) is 2.27. The van der Waals surface area contributed by atoms with E-state index in [4.69, 9.17) is 4.74 Å². The summed E-state index contributed by atoms with van der Waals surface area (Å²) in [4.78, 5) is 2.37. The molecule has 0 radical (unpaired) electrons. The van der Waals surface area contributed by atoms with Crippen LogP contribution in [0.25, 0.3) is 5.52 Å². The Balaban J connectivity index is 1.68. The van der Waals surface area contributed by atoms with E-state index in [2.05, 4.69) is 40.3 Å². The van der Waals surface area contributed by atoms with Crippen LogP contribution in [-0.2, 0) is 11.3 Å². The van der Waals surface area contributed by atoms with Crippen molar-refractivity contribution in [2.45, 2.75) is 18.7 Å². The lowest BCUT2D eigenvalue weighted by atomic mass is 9.98. The van der Waals surface area contributed by atoms with Crippen LogP contribution >= 0.6 is 0 Å². The summed E-state index contributed by atoms with van der Waals surface area (Å²) in [6, 6.07) is 18.5. The van der Waals surface area contributed by atoms with Gasteiger partial charge >= 0.3 is 0 Å². The molecule has 0 bridgehead atoms. The highest BCUT2D eigenvalue weighted by atomic mass is 16.5. The molecule has 0 aliphatic carbocycles. The number of rotatable bonds is 4. The van der Waals surface area contributed by atoms with E-state index in [0.717, 1.165) is 24.3 Å². The number of fused-ring (bicyclic) bond motifs is 1. The van der Waals surface area contributed by atoms with Gasteiger partial charge in [0, 0.05) is 19.3 Å². The van der Waals surface area contributed by atoms with Gasteiger partial charge < -0.3 is 9.84 Å². The number of morpholine rings is 1. The van der Waals surface area contributed by atoms with Gasteiger partial charge in [-0.3, -0.25) is 4.90 Å². The van der Waals surface area contributed by atoms with Crippen molar-refractivity contribution in [3.63, 3.8) is 0 Å². The highest BCUT2D eigenvalue weighted by molar-refractivity contribution is 5.46. The van der Waals surface area contributed by atoms with Gasteiger partial charge in [0.25, 0.3) is 0 Å². The Morgan fingerprint density at radius 3 is 2.79 bits per heavy atom. The molecule has 1 fully saturated rings. The van der Waals surface area contributed by atoms with Crippen molar-refractivity contribution in [3.8, 4) is 0 Å². The Morgan fingerprint density at radius 2 is 1.96 bits per heavy atom. The van der Waals surface area contributed by atoms with Crippen LogP contribution in [0.4, 0.5) is 0 Å². The molecule has 1 N–H and O–H groups in total. The van der Waals surface area contributed by atoms with Crippen LogP contribution < -0.4 is 0 Å². The topological polar surface area (TPSA) is 50.0 Å². The number of aliphatic hydroxyl groups is 1. The molecule has 3 heterocycles. The molecule has 24 heavy (non-hydrogen) atoms. The maximum absolute atomic E-state index is 9.78. The smallest absolute Gasteiger partial charge is 0.100 e. The molecular weight excluding hydrogens is 302 g/mol. The molecule has 5 nitrogen and oxygen atoms in total. The lowest BCUT2D eigenvalue weighted by Gasteiger charge is -2.41. The highest BCUT2D eigenvalue weighted by Crippen LogP contribution is 2.30. The molecule has 0 unspecified atom stereocenters. The number of aliphatic hydroxyl groups excluding tert-OH is 1. The van der Waals surface area contributed by atoms with E-state index in [0.29, 0.717) is 6.61 Å². The Morgan fingerprint density at radius 1 is 1.08 bits per heavy atom. The minimum atomic E-state index is -0.210. The molecule has 4 rings (SSSR count). The summed E-state index contributed by atoms with van der Waals surface area (Å²) in [5.74, 6) is 0. The van der Waals surface area contributed by atoms with Crippen LogP contribution in [0.3, 0.4) is 0 Å². The molecule has 2 aromatic heterocycles. The number of hydrogen-bond acceptors (Lipinski definition) is 4. The molecule has 0 saturated carbocycles. The lowest BCUT2D eigenvalue weighted by molar-refractivity contribution is -0.0964. The van der Waals surface area contributed by atoms with E-state index in [-0.39, 0.29) is 18.8 Å². The molecule has 3 aromatic rings. The van der Waals surface area contributed by atoms with Gasteiger partial charge in [0.15, 0.2) is 0 Å². The summed E-state index contributed by atoms with van der Waals surface area (Å²) < 4.78 is 7.80. The van der Waals surface area contributed by atoms with Gasteiger partial charge in [-0.05, 0) is 23.8 Å². The molecule has 5 heteroatoms. The van der Waals surface area contributed by atoms with Crippen molar-refractivity contribution < 1.29 is 9.84 Å². The average molecular weight is 323 g/mol. The zero-order valence-corrected chi connectivity index (χ0v) is 13.5. The number of benzene rings is 1. The molecule has 124 valence electrons. The van der Waals surface area contributed by atoms with Crippen molar-refractivity contribution in [3.05, 3.63) is 72.1 Å². The molecule has 1 aliphatic heterocycles. The van der Waals surface area contributed by atoms with Gasteiger partial charge in [-0.25, -0.2) is 4.52 Å². The maximum atomic E-state index is 9.78.